The summed E-state index contributed by atoms with van der Waals surface area (Å²) in [4.78, 5) is 25.0. The van der Waals surface area contributed by atoms with E-state index in [4.69, 9.17) is 9.16 Å². The Hall–Kier alpha value is -0.883. The third kappa shape index (κ3) is 4.81. The highest BCUT2D eigenvalue weighted by molar-refractivity contribution is 6.74. The molecule has 22 heavy (non-hydrogen) atoms. The van der Waals surface area contributed by atoms with Crippen LogP contribution in [0, 0.1) is 0 Å². The Balaban J connectivity index is 2.77. The van der Waals surface area contributed by atoms with Gasteiger partial charge in [-0.3, -0.25) is 4.90 Å². The molecule has 0 spiro atoms. The van der Waals surface area contributed by atoms with Crippen LogP contribution in [0.25, 0.3) is 0 Å². The molecular formula is C16H31NO4Si. The van der Waals surface area contributed by atoms with Crippen LogP contribution in [0.15, 0.2) is 0 Å². The molecule has 0 N–H and O–H groups in total. The number of nitrogens with zero attached hydrogens (tertiary/aromatic N) is 1. The fraction of sp³-hybridized carbons (Fsp3) is 0.875. The Labute approximate surface area is 135 Å². The van der Waals surface area contributed by atoms with Crippen molar-refractivity contribution >= 4 is 20.7 Å². The molecule has 0 bridgehead atoms. The summed E-state index contributed by atoms with van der Waals surface area (Å²) in [7, 11) is -1.92. The predicted octanol–water partition coefficient (Wildman–Crippen LogP) is 3.59. The Bertz CT molecular complexity index is 423. The lowest BCUT2D eigenvalue weighted by molar-refractivity contribution is -0.111. The van der Waals surface area contributed by atoms with Gasteiger partial charge in [0.15, 0.2) is 8.32 Å². The molecule has 0 saturated carbocycles. The van der Waals surface area contributed by atoms with E-state index in [1.165, 1.54) is 4.90 Å². The number of hydrogen-bond acceptors (Lipinski definition) is 4. The van der Waals surface area contributed by atoms with Crippen molar-refractivity contribution in [3.05, 3.63) is 0 Å². The van der Waals surface area contributed by atoms with Crippen LogP contribution >= 0.6 is 0 Å². The maximum absolute atomic E-state index is 12.2. The second kappa shape index (κ2) is 6.32. The Morgan fingerprint density at radius 2 is 1.73 bits per heavy atom. The summed E-state index contributed by atoms with van der Waals surface area (Å²) in [6.07, 6.45) is 0.836. The highest BCUT2D eigenvalue weighted by Crippen LogP contribution is 2.38. The van der Waals surface area contributed by atoms with Crippen LogP contribution in [0.5, 0.6) is 0 Å². The van der Waals surface area contributed by atoms with Crippen LogP contribution in [0.1, 0.15) is 48.0 Å². The number of ether oxygens (including phenoxy) is 1. The van der Waals surface area contributed by atoms with Gasteiger partial charge in [0.1, 0.15) is 11.9 Å². The molecule has 1 rings (SSSR count). The zero-order valence-electron chi connectivity index (χ0n) is 15.2. The van der Waals surface area contributed by atoms with Crippen molar-refractivity contribution in [2.24, 2.45) is 0 Å². The van der Waals surface area contributed by atoms with Gasteiger partial charge in [-0.2, -0.15) is 0 Å². The quantitative estimate of drug-likeness (QED) is 0.586. The van der Waals surface area contributed by atoms with Gasteiger partial charge in [0.25, 0.3) is 0 Å². The van der Waals surface area contributed by atoms with Gasteiger partial charge >= 0.3 is 6.09 Å². The first kappa shape index (κ1) is 19.2. The Morgan fingerprint density at radius 3 is 2.14 bits per heavy atom. The van der Waals surface area contributed by atoms with Gasteiger partial charge in [0.05, 0.1) is 12.1 Å². The molecule has 6 heteroatoms. The van der Waals surface area contributed by atoms with E-state index in [0.717, 1.165) is 6.29 Å². The first-order valence-corrected chi connectivity index (χ1v) is 10.8. The standard InChI is InChI=1S/C16H31NO4Si/c1-15(2,3)20-14(19)17-10-13(9-12(17)11-18)21-22(7,8)16(4,5)6/h11-13H,9-10H2,1-8H3/t12?,13-/m1/s1. The second-order valence-electron chi connectivity index (χ2n) is 8.57. The maximum Gasteiger partial charge on any atom is 0.410 e. The van der Waals surface area contributed by atoms with E-state index < -0.39 is 26.1 Å². The van der Waals surface area contributed by atoms with Crippen LogP contribution in [0.4, 0.5) is 4.79 Å². The number of carbonyl (C=O) groups is 2. The van der Waals surface area contributed by atoms with Crippen molar-refractivity contribution in [2.75, 3.05) is 6.54 Å². The first-order chi connectivity index (χ1) is 9.77. The van der Waals surface area contributed by atoms with Crippen molar-refractivity contribution in [3.63, 3.8) is 0 Å². The maximum atomic E-state index is 12.2. The molecule has 128 valence electrons. The smallest absolute Gasteiger partial charge is 0.410 e. The molecule has 1 fully saturated rings. The predicted molar refractivity (Wildman–Crippen MR) is 89.5 cm³/mol. The minimum absolute atomic E-state index is 0.0939. The SMILES string of the molecule is CC(C)(C)OC(=O)N1C[C@H](O[Si](C)(C)C(C)(C)C)CC1C=O. The molecule has 1 aliphatic rings. The van der Waals surface area contributed by atoms with Crippen LogP contribution < -0.4 is 0 Å². The third-order valence-electron chi connectivity index (χ3n) is 4.36. The average Bonchev–Trinajstić information content (AvgIpc) is 2.67. The molecule has 0 aromatic heterocycles. The van der Waals surface area contributed by atoms with E-state index in [0.29, 0.717) is 13.0 Å². The minimum Gasteiger partial charge on any atom is -0.444 e. The molecule has 5 nitrogen and oxygen atoms in total. The largest absolute Gasteiger partial charge is 0.444 e. The average molecular weight is 330 g/mol. The van der Waals surface area contributed by atoms with E-state index in [1.54, 1.807) is 0 Å². The van der Waals surface area contributed by atoms with Crippen molar-refractivity contribution in [2.45, 2.75) is 83.8 Å². The molecule has 1 amide bonds. The molecule has 1 heterocycles. The van der Waals surface area contributed by atoms with Crippen molar-refractivity contribution in [1.82, 2.24) is 4.90 Å². The normalized spacial score (nSPS) is 23.5. The van der Waals surface area contributed by atoms with Gasteiger partial charge in [0, 0.05) is 13.0 Å². The van der Waals surface area contributed by atoms with E-state index in [2.05, 4.69) is 33.9 Å². The number of likely N-dealkylation sites (tertiary alicyclic amines) is 1. The number of carbonyl (C=O) groups excluding carboxylic acids is 2. The summed E-state index contributed by atoms with van der Waals surface area (Å²) in [5.41, 5.74) is -0.567. The lowest BCUT2D eigenvalue weighted by atomic mass is 10.2. The zero-order chi connectivity index (χ0) is 17.3. The van der Waals surface area contributed by atoms with Gasteiger partial charge < -0.3 is 14.0 Å². The molecule has 1 aliphatic heterocycles. The lowest BCUT2D eigenvalue weighted by Gasteiger charge is -2.38. The van der Waals surface area contributed by atoms with Crippen LogP contribution in [-0.4, -0.2) is 49.9 Å². The molecule has 2 atom stereocenters. The molecule has 0 radical (unpaired) electrons. The molecule has 0 aromatic carbocycles. The highest BCUT2D eigenvalue weighted by atomic mass is 28.4. The van der Waals surface area contributed by atoms with Gasteiger partial charge in [-0.25, -0.2) is 4.79 Å². The van der Waals surface area contributed by atoms with E-state index in [9.17, 15) is 9.59 Å². The van der Waals surface area contributed by atoms with E-state index >= 15 is 0 Å². The molecule has 0 aromatic rings. The second-order valence-corrected chi connectivity index (χ2v) is 13.3. The van der Waals surface area contributed by atoms with Gasteiger partial charge in [-0.1, -0.05) is 20.8 Å². The summed E-state index contributed by atoms with van der Waals surface area (Å²) in [5.74, 6) is 0. The van der Waals surface area contributed by atoms with Gasteiger partial charge in [-0.15, -0.1) is 0 Å². The first-order valence-electron chi connectivity index (χ1n) is 7.89. The molecular weight excluding hydrogens is 298 g/mol. The monoisotopic (exact) mass is 329 g/mol. The number of hydrogen-bond donors (Lipinski definition) is 0. The molecule has 0 aliphatic carbocycles. The zero-order valence-corrected chi connectivity index (χ0v) is 16.2. The van der Waals surface area contributed by atoms with Crippen LogP contribution in [-0.2, 0) is 14.0 Å². The fourth-order valence-electron chi connectivity index (χ4n) is 2.16. The Kier molecular flexibility index (Phi) is 5.50. The van der Waals surface area contributed by atoms with Crippen LogP contribution in [0.3, 0.4) is 0 Å². The van der Waals surface area contributed by atoms with Crippen LogP contribution in [0.2, 0.25) is 18.1 Å². The Morgan fingerprint density at radius 1 is 1.18 bits per heavy atom. The van der Waals surface area contributed by atoms with Gasteiger partial charge in [-0.05, 0) is 38.9 Å². The summed E-state index contributed by atoms with van der Waals surface area (Å²) in [6.45, 7) is 16.8. The lowest BCUT2D eigenvalue weighted by Crippen LogP contribution is -2.45. The summed E-state index contributed by atoms with van der Waals surface area (Å²) in [5, 5.41) is 0.100. The minimum atomic E-state index is -1.92. The van der Waals surface area contributed by atoms with E-state index in [1.807, 2.05) is 20.8 Å². The van der Waals surface area contributed by atoms with E-state index in [-0.39, 0.29) is 11.1 Å². The molecule has 1 unspecified atom stereocenters. The third-order valence-corrected chi connectivity index (χ3v) is 8.89. The fourth-order valence-corrected chi connectivity index (χ4v) is 3.52. The van der Waals surface area contributed by atoms with Gasteiger partial charge in [0.2, 0.25) is 0 Å². The summed E-state index contributed by atoms with van der Waals surface area (Å²) < 4.78 is 11.7. The summed E-state index contributed by atoms with van der Waals surface area (Å²) >= 11 is 0. The number of rotatable bonds is 3. The molecule has 1 saturated heterocycles. The number of aldehydes is 1. The van der Waals surface area contributed by atoms with Crippen molar-refractivity contribution in [1.29, 1.82) is 0 Å². The topological polar surface area (TPSA) is 55.8 Å². The summed E-state index contributed by atoms with van der Waals surface area (Å²) in [6, 6.07) is -0.454. The van der Waals surface area contributed by atoms with Crippen molar-refractivity contribution in [3.8, 4) is 0 Å². The van der Waals surface area contributed by atoms with Crippen molar-refractivity contribution < 1.29 is 18.8 Å². The number of amides is 1. The highest BCUT2D eigenvalue weighted by Gasteiger charge is 2.44.